The van der Waals surface area contributed by atoms with Gasteiger partial charge in [-0.1, -0.05) is 109 Å². The smallest absolute Gasteiger partial charge is 0.195 e. The Hall–Kier alpha value is -9.16. The lowest BCUT2D eigenvalue weighted by atomic mass is 9.97. The van der Waals surface area contributed by atoms with Gasteiger partial charge >= 0.3 is 0 Å². The van der Waals surface area contributed by atoms with Crippen LogP contribution in [0.3, 0.4) is 0 Å². The molecule has 286 valence electrons. The Labute approximate surface area is 356 Å². The Kier molecular flexibility index (Phi) is 8.46. The highest BCUT2D eigenvalue weighted by molar-refractivity contribution is 6.12. The van der Waals surface area contributed by atoms with E-state index in [-0.39, 0.29) is 0 Å². The molecule has 0 unspecified atom stereocenters. The van der Waals surface area contributed by atoms with Gasteiger partial charge < -0.3 is 9.13 Å². The Bertz CT molecular complexity index is 3670. The summed E-state index contributed by atoms with van der Waals surface area (Å²) in [6.07, 6.45) is 0. The highest BCUT2D eigenvalue weighted by atomic mass is 15.0. The van der Waals surface area contributed by atoms with Crippen molar-refractivity contribution in [3.05, 3.63) is 210 Å². The van der Waals surface area contributed by atoms with Crippen LogP contribution in [0.5, 0.6) is 0 Å². The fourth-order valence-corrected chi connectivity index (χ4v) is 8.61. The van der Waals surface area contributed by atoms with E-state index in [0.29, 0.717) is 34.4 Å². The van der Waals surface area contributed by atoms with Crippen molar-refractivity contribution >= 4 is 55.0 Å². The summed E-state index contributed by atoms with van der Waals surface area (Å²) in [5.41, 5.74) is 11.2. The molecule has 0 bridgehead atoms. The normalized spacial score (nSPS) is 11.2. The molecule has 0 aliphatic heterocycles. The van der Waals surface area contributed by atoms with Crippen LogP contribution in [0, 0.1) is 24.5 Å². The zero-order valence-electron chi connectivity index (χ0n) is 32.9. The SMILES string of the molecule is [C-]#[N+]c1ccc2c(c1)c1ccccc1n2-c1ccc(-c2nc(-c3ccccc3)nc(-c3ccccc3)n2)cc1-c1cc(-n2c3ccccc3c3cc(C#N)ccc32)ccc1[N+]#[C-]. The average molecular weight is 791 g/mol. The molecule has 0 fully saturated rings. The zero-order chi connectivity index (χ0) is 41.7. The third kappa shape index (κ3) is 5.86. The van der Waals surface area contributed by atoms with Crippen LogP contribution in [0.2, 0.25) is 0 Å². The van der Waals surface area contributed by atoms with Gasteiger partial charge in [0, 0.05) is 38.5 Å². The molecular formula is C54H30N8. The maximum absolute atomic E-state index is 9.81. The summed E-state index contributed by atoms with van der Waals surface area (Å²) in [5, 5.41) is 13.8. The van der Waals surface area contributed by atoms with Crippen molar-refractivity contribution in [1.29, 1.82) is 5.26 Å². The molecule has 0 spiro atoms. The number of nitriles is 1. The topological polar surface area (TPSA) is 81.0 Å². The van der Waals surface area contributed by atoms with Crippen LogP contribution < -0.4 is 0 Å². The van der Waals surface area contributed by atoms with Crippen LogP contribution in [-0.4, -0.2) is 24.1 Å². The van der Waals surface area contributed by atoms with Crippen LogP contribution in [-0.2, 0) is 0 Å². The number of benzene rings is 8. The van der Waals surface area contributed by atoms with Gasteiger partial charge in [-0.2, -0.15) is 5.26 Å². The predicted octanol–water partition coefficient (Wildman–Crippen LogP) is 13.7. The maximum Gasteiger partial charge on any atom is 0.195 e. The summed E-state index contributed by atoms with van der Waals surface area (Å²) >= 11 is 0. The number of aromatic nitrogens is 5. The Morgan fingerprint density at radius 1 is 0.435 bits per heavy atom. The van der Waals surface area contributed by atoms with E-state index >= 15 is 0 Å². The lowest BCUT2D eigenvalue weighted by molar-refractivity contribution is 1.07. The van der Waals surface area contributed by atoms with Crippen molar-refractivity contribution in [1.82, 2.24) is 24.1 Å². The van der Waals surface area contributed by atoms with Crippen LogP contribution in [0.15, 0.2) is 182 Å². The number of hydrogen-bond donors (Lipinski definition) is 0. The zero-order valence-corrected chi connectivity index (χ0v) is 32.9. The van der Waals surface area contributed by atoms with Crippen molar-refractivity contribution < 1.29 is 0 Å². The lowest BCUT2D eigenvalue weighted by Gasteiger charge is -2.18. The molecule has 11 rings (SSSR count). The summed E-state index contributed by atoms with van der Waals surface area (Å²) in [7, 11) is 0. The monoisotopic (exact) mass is 790 g/mol. The number of fused-ring (bicyclic) bond motifs is 6. The standard InChI is InChI=1S/C54H30N8/c1-56-38-23-28-51-45(31-38)41-18-10-12-20-48(41)62(51)50-27-22-37(54-59-52(35-13-5-3-6-14-35)58-53(60-54)36-15-7-4-8-16-36)30-44(50)42-32-39(24-25-46(42)57-2)61-47-19-11-9-17-40(47)43-29-34(33-55)21-26-49(43)61/h3-32H. The molecular weight excluding hydrogens is 761 g/mol. The molecule has 8 nitrogen and oxygen atoms in total. The first-order valence-electron chi connectivity index (χ1n) is 20.0. The first-order valence-corrected chi connectivity index (χ1v) is 20.0. The van der Waals surface area contributed by atoms with Gasteiger partial charge in [0.25, 0.3) is 0 Å². The molecule has 0 aliphatic rings. The first-order chi connectivity index (χ1) is 30.6. The van der Waals surface area contributed by atoms with Crippen LogP contribution in [0.4, 0.5) is 11.4 Å². The Balaban J connectivity index is 1.22. The minimum atomic E-state index is 0.473. The van der Waals surface area contributed by atoms with E-state index in [0.717, 1.165) is 82.8 Å². The second-order valence-electron chi connectivity index (χ2n) is 14.9. The molecule has 0 saturated carbocycles. The molecule has 62 heavy (non-hydrogen) atoms. The van der Waals surface area contributed by atoms with E-state index < -0.39 is 0 Å². The largest absolute Gasteiger partial charge is 0.309 e. The summed E-state index contributed by atoms with van der Waals surface area (Å²) < 4.78 is 4.42. The number of para-hydroxylation sites is 2. The second kappa shape index (κ2) is 14.6. The summed E-state index contributed by atoms with van der Waals surface area (Å²) in [5.74, 6) is 1.59. The predicted molar refractivity (Wildman–Crippen MR) is 247 cm³/mol. The van der Waals surface area contributed by atoms with Gasteiger partial charge in [-0.05, 0) is 89.3 Å². The van der Waals surface area contributed by atoms with E-state index in [1.165, 1.54) is 0 Å². The number of rotatable bonds is 6. The van der Waals surface area contributed by atoms with Crippen molar-refractivity contribution in [2.75, 3.05) is 0 Å². The third-order valence-corrected chi connectivity index (χ3v) is 11.4. The van der Waals surface area contributed by atoms with Crippen molar-refractivity contribution in [2.24, 2.45) is 0 Å². The minimum Gasteiger partial charge on any atom is -0.309 e. The summed E-state index contributed by atoms with van der Waals surface area (Å²) in [6, 6.07) is 62.2. The van der Waals surface area contributed by atoms with Gasteiger partial charge in [0.2, 0.25) is 0 Å². The van der Waals surface area contributed by atoms with Crippen molar-refractivity contribution in [2.45, 2.75) is 0 Å². The quantitative estimate of drug-likeness (QED) is 0.157. The summed E-state index contributed by atoms with van der Waals surface area (Å²) in [4.78, 5) is 23.0. The lowest BCUT2D eigenvalue weighted by Crippen LogP contribution is -2.02. The summed E-state index contributed by atoms with van der Waals surface area (Å²) in [6.45, 7) is 16.3. The molecule has 8 aromatic carbocycles. The van der Waals surface area contributed by atoms with E-state index in [4.69, 9.17) is 28.1 Å². The van der Waals surface area contributed by atoms with E-state index in [1.807, 2.05) is 140 Å². The van der Waals surface area contributed by atoms with Gasteiger partial charge in [0.05, 0.1) is 52.5 Å². The van der Waals surface area contributed by atoms with Crippen LogP contribution in [0.25, 0.3) is 110 Å². The molecule has 0 saturated heterocycles. The second-order valence-corrected chi connectivity index (χ2v) is 14.9. The Morgan fingerprint density at radius 3 is 1.65 bits per heavy atom. The van der Waals surface area contributed by atoms with Crippen LogP contribution in [0.1, 0.15) is 5.56 Å². The molecule has 0 amide bonds. The van der Waals surface area contributed by atoms with Gasteiger partial charge in [-0.25, -0.2) is 24.6 Å². The molecule has 3 heterocycles. The number of hydrogen-bond acceptors (Lipinski definition) is 4. The van der Waals surface area contributed by atoms with E-state index in [2.05, 4.69) is 67.4 Å². The van der Waals surface area contributed by atoms with E-state index in [9.17, 15) is 5.26 Å². The fourth-order valence-electron chi connectivity index (χ4n) is 8.61. The van der Waals surface area contributed by atoms with Gasteiger partial charge in [-0.15, -0.1) is 0 Å². The highest BCUT2D eigenvalue weighted by Crippen LogP contribution is 2.43. The van der Waals surface area contributed by atoms with Gasteiger partial charge in [0.15, 0.2) is 28.8 Å². The third-order valence-electron chi connectivity index (χ3n) is 11.4. The minimum absolute atomic E-state index is 0.473. The van der Waals surface area contributed by atoms with Crippen LogP contribution >= 0.6 is 0 Å². The Morgan fingerprint density at radius 2 is 1.00 bits per heavy atom. The van der Waals surface area contributed by atoms with Crippen molar-refractivity contribution in [3.63, 3.8) is 0 Å². The molecule has 0 aliphatic carbocycles. The molecule has 11 aromatic rings. The molecule has 0 N–H and O–H groups in total. The molecule has 8 heteroatoms. The molecule has 0 radical (unpaired) electrons. The van der Waals surface area contributed by atoms with Crippen molar-refractivity contribution in [3.8, 4) is 62.7 Å². The molecule has 0 atom stereocenters. The molecule has 3 aromatic heterocycles. The van der Waals surface area contributed by atoms with Gasteiger partial charge in [0.1, 0.15) is 0 Å². The average Bonchev–Trinajstić information content (AvgIpc) is 3.86. The highest BCUT2D eigenvalue weighted by Gasteiger charge is 2.22. The maximum atomic E-state index is 9.81. The van der Waals surface area contributed by atoms with E-state index in [1.54, 1.807) is 0 Å². The number of nitrogens with zero attached hydrogens (tertiary/aromatic N) is 8. The first kappa shape index (κ1) is 36.0. The fraction of sp³-hybridized carbons (Fsp3) is 0. The van der Waals surface area contributed by atoms with Gasteiger partial charge in [-0.3, -0.25) is 0 Å².